The lowest BCUT2D eigenvalue weighted by Gasteiger charge is -2.07. The zero-order valence-electron chi connectivity index (χ0n) is 11.0. The molecule has 0 radical (unpaired) electrons. The molecule has 2 aromatic carbocycles. The molecule has 0 N–H and O–H groups in total. The Morgan fingerprint density at radius 3 is 2.52 bits per heavy atom. The van der Waals surface area contributed by atoms with Crippen molar-refractivity contribution in [3.63, 3.8) is 0 Å². The molecule has 112 valence electrons. The third-order valence-electron chi connectivity index (χ3n) is 2.73. The van der Waals surface area contributed by atoms with Crippen molar-refractivity contribution >= 4 is 10.8 Å². The van der Waals surface area contributed by atoms with Gasteiger partial charge >= 0.3 is 6.61 Å². The normalized spacial score (nSPS) is 12.4. The summed E-state index contributed by atoms with van der Waals surface area (Å²) in [7, 11) is -1.34. The summed E-state index contributed by atoms with van der Waals surface area (Å²) in [5.74, 6) is -0.160. The zero-order valence-corrected chi connectivity index (χ0v) is 11.8. The Kier molecular flexibility index (Phi) is 5.38. The molecule has 21 heavy (non-hydrogen) atoms. The molecule has 0 aromatic heterocycles. The molecule has 2 rings (SSSR count). The van der Waals surface area contributed by atoms with Crippen LogP contribution in [0.25, 0.3) is 0 Å². The molecule has 2 aromatic rings. The molecule has 0 bridgehead atoms. The van der Waals surface area contributed by atoms with Gasteiger partial charge in [-0.2, -0.15) is 8.78 Å². The molecular weight excluding hydrogens is 301 g/mol. The SMILES string of the molecule is O=[S@@](Cc1cccc(OC(F)F)c1)Cc1ccccc1F. The van der Waals surface area contributed by atoms with Gasteiger partial charge in [-0.25, -0.2) is 4.39 Å². The maximum Gasteiger partial charge on any atom is 0.387 e. The highest BCUT2D eigenvalue weighted by Gasteiger charge is 2.09. The fraction of sp³-hybridized carbons (Fsp3) is 0.200. The van der Waals surface area contributed by atoms with Crippen molar-refractivity contribution in [3.8, 4) is 5.75 Å². The van der Waals surface area contributed by atoms with E-state index in [0.717, 1.165) is 0 Å². The van der Waals surface area contributed by atoms with Crippen molar-refractivity contribution in [1.29, 1.82) is 0 Å². The van der Waals surface area contributed by atoms with Crippen molar-refractivity contribution in [2.75, 3.05) is 0 Å². The van der Waals surface area contributed by atoms with Crippen LogP contribution >= 0.6 is 0 Å². The molecule has 0 saturated carbocycles. The van der Waals surface area contributed by atoms with Gasteiger partial charge in [-0.15, -0.1) is 0 Å². The number of alkyl halides is 2. The highest BCUT2D eigenvalue weighted by atomic mass is 32.2. The van der Waals surface area contributed by atoms with Crippen LogP contribution in [-0.4, -0.2) is 10.8 Å². The summed E-state index contributed by atoms with van der Waals surface area (Å²) in [6.07, 6.45) is 0. The van der Waals surface area contributed by atoms with Gasteiger partial charge in [0.2, 0.25) is 0 Å². The van der Waals surface area contributed by atoms with Gasteiger partial charge in [0.05, 0.1) is 5.75 Å². The Balaban J connectivity index is 2.01. The first-order chi connectivity index (χ1) is 10.0. The molecule has 0 aliphatic rings. The highest BCUT2D eigenvalue weighted by molar-refractivity contribution is 7.83. The monoisotopic (exact) mass is 314 g/mol. The maximum absolute atomic E-state index is 13.5. The molecule has 0 aliphatic carbocycles. The molecule has 6 heteroatoms. The van der Waals surface area contributed by atoms with Crippen LogP contribution in [0, 0.1) is 5.82 Å². The van der Waals surface area contributed by atoms with Gasteiger partial charge in [-0.05, 0) is 23.8 Å². The van der Waals surface area contributed by atoms with Gasteiger partial charge in [0.1, 0.15) is 11.6 Å². The summed E-state index contributed by atoms with van der Waals surface area (Å²) in [5.41, 5.74) is 0.971. The molecule has 0 saturated heterocycles. The van der Waals surface area contributed by atoms with Crippen molar-refractivity contribution in [3.05, 3.63) is 65.5 Å². The van der Waals surface area contributed by atoms with Crippen molar-refractivity contribution in [2.45, 2.75) is 18.1 Å². The van der Waals surface area contributed by atoms with Crippen LogP contribution in [0.3, 0.4) is 0 Å². The van der Waals surface area contributed by atoms with E-state index >= 15 is 0 Å². The zero-order chi connectivity index (χ0) is 15.2. The Bertz CT molecular complexity index is 632. The fourth-order valence-corrected chi connectivity index (χ4v) is 3.07. The van der Waals surface area contributed by atoms with Gasteiger partial charge in [0, 0.05) is 22.1 Å². The second-order valence-electron chi connectivity index (χ2n) is 4.35. The van der Waals surface area contributed by atoms with Crippen LogP contribution in [0.5, 0.6) is 5.75 Å². The number of halogens is 3. The summed E-state index contributed by atoms with van der Waals surface area (Å²) in [6, 6.07) is 12.1. The number of hydrogen-bond donors (Lipinski definition) is 0. The Labute approximate surface area is 123 Å². The number of ether oxygens (including phenoxy) is 1. The topological polar surface area (TPSA) is 26.3 Å². The molecular formula is C15H13F3O2S. The van der Waals surface area contributed by atoms with E-state index in [1.54, 1.807) is 30.3 Å². The van der Waals surface area contributed by atoms with Gasteiger partial charge in [-0.3, -0.25) is 4.21 Å². The van der Waals surface area contributed by atoms with Crippen molar-refractivity contribution in [2.24, 2.45) is 0 Å². The predicted molar refractivity (Wildman–Crippen MR) is 75.0 cm³/mol. The van der Waals surface area contributed by atoms with Gasteiger partial charge in [-0.1, -0.05) is 30.3 Å². The average molecular weight is 314 g/mol. The third kappa shape index (κ3) is 4.90. The van der Waals surface area contributed by atoms with Crippen LogP contribution in [0.4, 0.5) is 13.2 Å². The van der Waals surface area contributed by atoms with Crippen LogP contribution in [0.1, 0.15) is 11.1 Å². The number of rotatable bonds is 6. The predicted octanol–water partition coefficient (Wildman–Crippen LogP) is 3.88. The van der Waals surface area contributed by atoms with Crippen LogP contribution in [-0.2, 0) is 22.3 Å². The molecule has 0 heterocycles. The minimum absolute atomic E-state index is 0.0189. The molecule has 2 nitrogen and oxygen atoms in total. The van der Waals surface area contributed by atoms with Crippen LogP contribution in [0.15, 0.2) is 48.5 Å². The van der Waals surface area contributed by atoms with Crippen molar-refractivity contribution in [1.82, 2.24) is 0 Å². The first-order valence-corrected chi connectivity index (χ1v) is 7.65. The standard InChI is InChI=1S/C15H13F3O2S/c16-14-7-2-1-5-12(14)10-21(19)9-11-4-3-6-13(8-11)20-15(17)18/h1-8,15H,9-10H2/t21-/m0/s1. The van der Waals surface area contributed by atoms with E-state index in [1.165, 1.54) is 18.2 Å². The average Bonchev–Trinajstić information content (AvgIpc) is 2.41. The molecule has 0 fully saturated rings. The quantitative estimate of drug-likeness (QED) is 0.809. The second kappa shape index (κ2) is 7.26. The Hall–Kier alpha value is -1.82. The third-order valence-corrected chi connectivity index (χ3v) is 4.01. The van der Waals surface area contributed by atoms with E-state index in [4.69, 9.17) is 0 Å². The van der Waals surface area contributed by atoms with E-state index in [-0.39, 0.29) is 17.3 Å². The first-order valence-electron chi connectivity index (χ1n) is 6.17. The Morgan fingerprint density at radius 2 is 1.81 bits per heavy atom. The molecule has 1 atom stereocenters. The van der Waals surface area contributed by atoms with Gasteiger partial charge < -0.3 is 4.74 Å². The smallest absolute Gasteiger partial charge is 0.387 e. The first kappa shape index (κ1) is 15.6. The van der Waals surface area contributed by atoms with Crippen molar-refractivity contribution < 1.29 is 22.1 Å². The van der Waals surface area contributed by atoms with Gasteiger partial charge in [0.25, 0.3) is 0 Å². The number of benzene rings is 2. The van der Waals surface area contributed by atoms with Gasteiger partial charge in [0.15, 0.2) is 0 Å². The fourth-order valence-electron chi connectivity index (χ4n) is 1.84. The summed E-state index contributed by atoms with van der Waals surface area (Å²) in [5, 5.41) is 0. The highest BCUT2D eigenvalue weighted by Crippen LogP contribution is 2.18. The molecule has 0 aliphatic heterocycles. The minimum atomic E-state index is -2.90. The molecule has 0 amide bonds. The molecule has 0 unspecified atom stereocenters. The maximum atomic E-state index is 13.5. The minimum Gasteiger partial charge on any atom is -0.435 e. The van der Waals surface area contributed by atoms with E-state index in [9.17, 15) is 17.4 Å². The van der Waals surface area contributed by atoms with E-state index < -0.39 is 23.2 Å². The Morgan fingerprint density at radius 1 is 1.05 bits per heavy atom. The molecule has 0 spiro atoms. The summed E-state index contributed by atoms with van der Waals surface area (Å²) in [6.45, 7) is -2.90. The number of hydrogen-bond acceptors (Lipinski definition) is 2. The van der Waals surface area contributed by atoms with E-state index in [0.29, 0.717) is 11.1 Å². The summed E-state index contributed by atoms with van der Waals surface area (Å²) < 4.78 is 54.0. The summed E-state index contributed by atoms with van der Waals surface area (Å²) >= 11 is 0. The lowest BCUT2D eigenvalue weighted by atomic mass is 10.2. The van der Waals surface area contributed by atoms with Crippen LogP contribution in [0.2, 0.25) is 0 Å². The lowest BCUT2D eigenvalue weighted by molar-refractivity contribution is -0.0498. The van der Waals surface area contributed by atoms with Crippen LogP contribution < -0.4 is 4.74 Å². The second-order valence-corrected chi connectivity index (χ2v) is 5.80. The lowest BCUT2D eigenvalue weighted by Crippen LogP contribution is -2.04. The summed E-state index contributed by atoms with van der Waals surface area (Å²) in [4.78, 5) is 0. The van der Waals surface area contributed by atoms with E-state index in [2.05, 4.69) is 4.74 Å². The largest absolute Gasteiger partial charge is 0.435 e. The van der Waals surface area contributed by atoms with E-state index in [1.807, 2.05) is 0 Å².